The van der Waals surface area contributed by atoms with Gasteiger partial charge in [0.2, 0.25) is 0 Å². The minimum atomic E-state index is -0.305. The van der Waals surface area contributed by atoms with Crippen LogP contribution < -0.4 is 10.6 Å². The zero-order valence-corrected chi connectivity index (χ0v) is 18.0. The van der Waals surface area contributed by atoms with Gasteiger partial charge in [-0.05, 0) is 25.0 Å². The Kier molecular flexibility index (Phi) is 6.50. The molecule has 0 atom stereocenters. The number of nitrogens with one attached hydrogen (secondary N) is 2. The minimum absolute atomic E-state index is 0.00315. The lowest BCUT2D eigenvalue weighted by Crippen LogP contribution is -2.25. The number of rotatable bonds is 10. The van der Waals surface area contributed by atoms with Crippen LogP contribution in [-0.4, -0.2) is 57.2 Å². The third-order valence-corrected chi connectivity index (χ3v) is 5.23. The Morgan fingerprint density at radius 1 is 1.19 bits per heavy atom. The highest BCUT2D eigenvalue weighted by atomic mass is 16.5. The molecule has 0 saturated heterocycles. The van der Waals surface area contributed by atoms with Gasteiger partial charge in [-0.2, -0.15) is 5.10 Å². The lowest BCUT2D eigenvalue weighted by molar-refractivity contribution is 0.0947. The predicted octanol–water partition coefficient (Wildman–Crippen LogP) is 2.12. The first-order valence-corrected chi connectivity index (χ1v) is 10.4. The van der Waals surface area contributed by atoms with Gasteiger partial charge in [-0.1, -0.05) is 0 Å². The SMILES string of the molecule is CNC(=O)c1c(CC(=O)c2nc(C3CC3)ccc2Nc2cncnc2)cnn1CCOC. The van der Waals surface area contributed by atoms with E-state index in [0.29, 0.717) is 47.4 Å². The van der Waals surface area contributed by atoms with E-state index in [0.717, 1.165) is 18.5 Å². The van der Waals surface area contributed by atoms with E-state index in [9.17, 15) is 9.59 Å². The van der Waals surface area contributed by atoms with Crippen molar-refractivity contribution >= 4 is 23.1 Å². The summed E-state index contributed by atoms with van der Waals surface area (Å²) in [6.07, 6.45) is 8.39. The lowest BCUT2D eigenvalue weighted by Gasteiger charge is -2.12. The second-order valence-corrected chi connectivity index (χ2v) is 7.57. The van der Waals surface area contributed by atoms with Crippen LogP contribution in [0.2, 0.25) is 0 Å². The Bertz CT molecular complexity index is 1110. The fourth-order valence-corrected chi connectivity index (χ4v) is 3.45. The Morgan fingerprint density at radius 2 is 1.97 bits per heavy atom. The van der Waals surface area contributed by atoms with E-state index >= 15 is 0 Å². The van der Waals surface area contributed by atoms with Crippen LogP contribution in [0.15, 0.2) is 37.1 Å². The minimum Gasteiger partial charge on any atom is -0.383 e. The maximum atomic E-state index is 13.4. The Morgan fingerprint density at radius 3 is 2.66 bits per heavy atom. The summed E-state index contributed by atoms with van der Waals surface area (Å²) in [6.45, 7) is 0.806. The molecule has 3 aromatic heterocycles. The van der Waals surface area contributed by atoms with Crippen LogP contribution in [0.1, 0.15) is 51.0 Å². The second kappa shape index (κ2) is 9.65. The summed E-state index contributed by atoms with van der Waals surface area (Å²) in [6, 6.07) is 3.81. The van der Waals surface area contributed by atoms with E-state index in [1.165, 1.54) is 6.33 Å². The molecule has 0 bridgehead atoms. The number of amides is 1. The molecule has 1 fully saturated rings. The van der Waals surface area contributed by atoms with Gasteiger partial charge in [-0.3, -0.25) is 14.3 Å². The maximum Gasteiger partial charge on any atom is 0.269 e. The fourth-order valence-electron chi connectivity index (χ4n) is 3.45. The summed E-state index contributed by atoms with van der Waals surface area (Å²) >= 11 is 0. The number of carbonyl (C=O) groups is 2. The number of nitrogens with zero attached hydrogens (tertiary/aromatic N) is 5. The van der Waals surface area contributed by atoms with Gasteiger partial charge in [0.1, 0.15) is 17.7 Å². The first-order chi connectivity index (χ1) is 15.6. The topological polar surface area (TPSA) is 124 Å². The highest BCUT2D eigenvalue weighted by Crippen LogP contribution is 2.39. The molecular formula is C22H25N7O3. The number of hydrogen-bond acceptors (Lipinski definition) is 8. The monoisotopic (exact) mass is 435 g/mol. The molecule has 10 heteroatoms. The van der Waals surface area contributed by atoms with Crippen molar-refractivity contribution in [3.63, 3.8) is 0 Å². The van der Waals surface area contributed by atoms with Gasteiger partial charge in [0.05, 0.1) is 43.1 Å². The van der Waals surface area contributed by atoms with Crippen LogP contribution in [0.3, 0.4) is 0 Å². The van der Waals surface area contributed by atoms with E-state index in [1.807, 2.05) is 12.1 Å². The van der Waals surface area contributed by atoms with Crippen molar-refractivity contribution in [2.75, 3.05) is 26.1 Å². The molecule has 10 nitrogen and oxygen atoms in total. The Labute approximate surface area is 185 Å². The maximum absolute atomic E-state index is 13.4. The molecular weight excluding hydrogens is 410 g/mol. The van der Waals surface area contributed by atoms with Crippen molar-refractivity contribution in [1.82, 2.24) is 30.0 Å². The first-order valence-electron chi connectivity index (χ1n) is 10.4. The van der Waals surface area contributed by atoms with Gasteiger partial charge in [0.25, 0.3) is 5.91 Å². The molecule has 3 heterocycles. The number of methoxy groups -OCH3 is 1. The van der Waals surface area contributed by atoms with E-state index in [1.54, 1.807) is 37.4 Å². The molecule has 0 radical (unpaired) electrons. The molecule has 1 amide bonds. The molecule has 166 valence electrons. The zero-order valence-electron chi connectivity index (χ0n) is 18.0. The summed E-state index contributed by atoms with van der Waals surface area (Å²) < 4.78 is 6.65. The Balaban J connectivity index is 1.64. The average molecular weight is 435 g/mol. The van der Waals surface area contributed by atoms with Crippen LogP contribution >= 0.6 is 0 Å². The van der Waals surface area contributed by atoms with Gasteiger partial charge < -0.3 is 15.4 Å². The molecule has 0 unspecified atom stereocenters. The zero-order chi connectivity index (χ0) is 22.5. The van der Waals surface area contributed by atoms with Crippen LogP contribution in [0.4, 0.5) is 11.4 Å². The van der Waals surface area contributed by atoms with E-state index in [4.69, 9.17) is 4.74 Å². The number of hydrogen-bond donors (Lipinski definition) is 2. The van der Waals surface area contributed by atoms with Crippen molar-refractivity contribution in [2.45, 2.75) is 31.7 Å². The van der Waals surface area contributed by atoms with Crippen molar-refractivity contribution in [3.8, 4) is 0 Å². The summed E-state index contributed by atoms with van der Waals surface area (Å²) in [4.78, 5) is 38.6. The summed E-state index contributed by atoms with van der Waals surface area (Å²) in [7, 11) is 3.13. The van der Waals surface area contributed by atoms with E-state index < -0.39 is 0 Å². The summed E-state index contributed by atoms with van der Waals surface area (Å²) in [5, 5.41) is 10.1. The summed E-state index contributed by atoms with van der Waals surface area (Å²) in [5.41, 5.74) is 3.35. The first kappa shape index (κ1) is 21.6. The molecule has 1 aliphatic carbocycles. The second-order valence-electron chi connectivity index (χ2n) is 7.57. The third-order valence-electron chi connectivity index (χ3n) is 5.23. The number of carbonyl (C=O) groups excluding carboxylic acids is 2. The molecule has 4 rings (SSSR count). The van der Waals surface area contributed by atoms with Crippen molar-refractivity contribution in [2.24, 2.45) is 0 Å². The largest absolute Gasteiger partial charge is 0.383 e. The quantitative estimate of drug-likeness (QED) is 0.464. The van der Waals surface area contributed by atoms with Gasteiger partial charge in [-0.25, -0.2) is 15.0 Å². The van der Waals surface area contributed by atoms with Gasteiger partial charge in [0.15, 0.2) is 5.78 Å². The fraction of sp³-hybridized carbons (Fsp3) is 0.364. The van der Waals surface area contributed by atoms with Gasteiger partial charge >= 0.3 is 0 Å². The van der Waals surface area contributed by atoms with E-state index in [-0.39, 0.29) is 18.1 Å². The van der Waals surface area contributed by atoms with Crippen molar-refractivity contribution in [3.05, 3.63) is 59.7 Å². The molecule has 32 heavy (non-hydrogen) atoms. The number of anilines is 2. The van der Waals surface area contributed by atoms with Crippen molar-refractivity contribution < 1.29 is 14.3 Å². The molecule has 1 aliphatic rings. The summed E-state index contributed by atoms with van der Waals surface area (Å²) in [5.74, 6) is -0.113. The predicted molar refractivity (Wildman–Crippen MR) is 117 cm³/mol. The molecule has 1 saturated carbocycles. The smallest absolute Gasteiger partial charge is 0.269 e. The highest BCUT2D eigenvalue weighted by molar-refractivity contribution is 6.03. The van der Waals surface area contributed by atoms with Crippen LogP contribution in [-0.2, 0) is 17.7 Å². The Hall–Kier alpha value is -3.66. The number of pyridine rings is 1. The van der Waals surface area contributed by atoms with E-state index in [2.05, 4.69) is 30.7 Å². The highest BCUT2D eigenvalue weighted by Gasteiger charge is 2.28. The average Bonchev–Trinajstić information content (AvgIpc) is 3.59. The van der Waals surface area contributed by atoms with Crippen LogP contribution in [0.25, 0.3) is 0 Å². The van der Waals surface area contributed by atoms with Crippen LogP contribution in [0.5, 0.6) is 0 Å². The number of ketones is 1. The molecule has 2 N–H and O–H groups in total. The number of Topliss-reactive ketones (excluding diaryl/α,β-unsaturated/α-hetero) is 1. The number of ether oxygens (including phenoxy) is 1. The molecule has 3 aromatic rings. The van der Waals surface area contributed by atoms with Crippen molar-refractivity contribution in [1.29, 1.82) is 0 Å². The number of aromatic nitrogens is 5. The normalized spacial score (nSPS) is 13.1. The standard InChI is InChI=1S/C22H25N7O3/c1-23-22(31)21-15(10-26-29(21)7-8-32-2)9-19(30)20-18(27-16-11-24-13-25-12-16)6-5-17(28-20)14-3-4-14/h5-6,10-14,27H,3-4,7-9H2,1-2H3,(H,23,31). The van der Waals surface area contributed by atoms with Gasteiger partial charge in [0, 0.05) is 37.8 Å². The third kappa shape index (κ3) is 4.80. The molecule has 0 spiro atoms. The molecule has 0 aliphatic heterocycles. The molecule has 0 aromatic carbocycles. The lowest BCUT2D eigenvalue weighted by atomic mass is 10.0. The van der Waals surface area contributed by atoms with Gasteiger partial charge in [-0.15, -0.1) is 0 Å². The van der Waals surface area contributed by atoms with Crippen LogP contribution in [0, 0.1) is 0 Å².